The molecule has 0 radical (unpaired) electrons. The Morgan fingerprint density at radius 3 is 2.25 bits per heavy atom. The zero-order valence-corrected chi connectivity index (χ0v) is 7.37. The second kappa shape index (κ2) is 5.81. The smallest absolute Gasteiger partial charge is 0.293 e. The monoisotopic (exact) mass is 168 g/mol. The van der Waals surface area contributed by atoms with E-state index in [-0.39, 0.29) is 6.10 Å². The summed E-state index contributed by atoms with van der Waals surface area (Å²) in [6.07, 6.45) is 11.2. The maximum atomic E-state index is 10.1. The summed E-state index contributed by atoms with van der Waals surface area (Å²) in [5.41, 5.74) is 0. The Bertz CT molecular complexity index is 140. The fraction of sp³-hybridized carbons (Fsp3) is 0.700. The van der Waals surface area contributed by atoms with E-state index in [9.17, 15) is 4.79 Å². The number of allylic oxidation sites excluding steroid dienone is 2. The van der Waals surface area contributed by atoms with E-state index >= 15 is 0 Å². The number of hydrogen-bond donors (Lipinski definition) is 0. The molecule has 1 aliphatic carbocycles. The van der Waals surface area contributed by atoms with E-state index in [2.05, 4.69) is 12.2 Å². The van der Waals surface area contributed by atoms with Gasteiger partial charge in [-0.15, -0.1) is 0 Å². The van der Waals surface area contributed by atoms with Gasteiger partial charge in [0.2, 0.25) is 0 Å². The number of carbonyl (C=O) groups is 1. The molecular weight excluding hydrogens is 152 g/mol. The molecule has 1 aliphatic rings. The van der Waals surface area contributed by atoms with Gasteiger partial charge in [0.25, 0.3) is 6.47 Å². The number of rotatable bonds is 2. The lowest BCUT2D eigenvalue weighted by atomic mass is 10.1. The fourth-order valence-electron chi connectivity index (χ4n) is 1.52. The highest BCUT2D eigenvalue weighted by Crippen LogP contribution is 2.14. The standard InChI is InChI=1S/C10H16O2/c11-9-12-10-7-5-3-1-2-4-6-8-10/h1-2,9-10H,3-8H2. The fourth-order valence-corrected chi connectivity index (χ4v) is 1.52. The molecule has 0 aromatic rings. The molecule has 0 aliphatic heterocycles. The third kappa shape index (κ3) is 3.56. The molecule has 0 spiro atoms. The van der Waals surface area contributed by atoms with Crippen molar-refractivity contribution in [3.8, 4) is 0 Å². The zero-order valence-electron chi connectivity index (χ0n) is 7.37. The predicted molar refractivity (Wildman–Crippen MR) is 47.8 cm³/mol. The van der Waals surface area contributed by atoms with Crippen molar-refractivity contribution in [1.82, 2.24) is 0 Å². The maximum absolute atomic E-state index is 10.1. The summed E-state index contributed by atoms with van der Waals surface area (Å²) in [7, 11) is 0. The van der Waals surface area contributed by atoms with Crippen LogP contribution in [0.1, 0.15) is 38.5 Å². The Labute approximate surface area is 73.6 Å². The summed E-state index contributed by atoms with van der Waals surface area (Å²) in [6.45, 7) is 0.579. The number of hydrogen-bond acceptors (Lipinski definition) is 2. The molecule has 0 amide bonds. The highest BCUT2D eigenvalue weighted by atomic mass is 16.5. The van der Waals surface area contributed by atoms with Gasteiger partial charge in [0.05, 0.1) is 0 Å². The van der Waals surface area contributed by atoms with Gasteiger partial charge in [0.1, 0.15) is 6.10 Å². The minimum Gasteiger partial charge on any atom is -0.465 e. The van der Waals surface area contributed by atoms with E-state index in [1.807, 2.05) is 0 Å². The third-order valence-corrected chi connectivity index (χ3v) is 2.21. The van der Waals surface area contributed by atoms with Crippen LogP contribution >= 0.6 is 0 Å². The average Bonchev–Trinajstić information content (AvgIpc) is 2.19. The van der Waals surface area contributed by atoms with E-state index in [1.165, 1.54) is 0 Å². The average molecular weight is 168 g/mol. The van der Waals surface area contributed by atoms with Crippen LogP contribution < -0.4 is 0 Å². The molecule has 1 rings (SSSR count). The summed E-state index contributed by atoms with van der Waals surface area (Å²) < 4.78 is 4.97. The highest BCUT2D eigenvalue weighted by Gasteiger charge is 2.08. The van der Waals surface area contributed by atoms with Crippen molar-refractivity contribution in [3.05, 3.63) is 12.2 Å². The first kappa shape index (κ1) is 9.30. The van der Waals surface area contributed by atoms with Crippen LogP contribution in [0.5, 0.6) is 0 Å². The quantitative estimate of drug-likeness (QED) is 0.467. The molecule has 68 valence electrons. The molecule has 0 saturated carbocycles. The molecule has 12 heavy (non-hydrogen) atoms. The summed E-state index contributed by atoms with van der Waals surface area (Å²) in [4.78, 5) is 10.1. The first-order valence-corrected chi connectivity index (χ1v) is 4.67. The van der Waals surface area contributed by atoms with E-state index in [0.29, 0.717) is 6.47 Å². The van der Waals surface area contributed by atoms with Crippen molar-refractivity contribution in [2.45, 2.75) is 44.6 Å². The Morgan fingerprint density at radius 1 is 1.17 bits per heavy atom. The van der Waals surface area contributed by atoms with E-state index in [1.54, 1.807) is 0 Å². The highest BCUT2D eigenvalue weighted by molar-refractivity contribution is 5.37. The van der Waals surface area contributed by atoms with Crippen LogP contribution in [0, 0.1) is 0 Å². The van der Waals surface area contributed by atoms with Gasteiger partial charge in [-0.3, -0.25) is 4.79 Å². The van der Waals surface area contributed by atoms with Gasteiger partial charge in [0, 0.05) is 0 Å². The molecule has 0 aromatic carbocycles. The molecule has 0 N–H and O–H groups in total. The van der Waals surface area contributed by atoms with Gasteiger partial charge in [-0.25, -0.2) is 0 Å². The molecule has 0 unspecified atom stereocenters. The molecule has 0 aromatic heterocycles. The van der Waals surface area contributed by atoms with Gasteiger partial charge >= 0.3 is 0 Å². The summed E-state index contributed by atoms with van der Waals surface area (Å²) in [6, 6.07) is 0. The number of carbonyl (C=O) groups excluding carboxylic acids is 1. The molecule has 0 bridgehead atoms. The molecule has 2 heteroatoms. The van der Waals surface area contributed by atoms with Crippen LogP contribution in [0.15, 0.2) is 12.2 Å². The second-order valence-electron chi connectivity index (χ2n) is 3.19. The normalized spacial score (nSPS) is 20.7. The Hall–Kier alpha value is -0.790. The molecule has 0 heterocycles. The first-order valence-electron chi connectivity index (χ1n) is 4.67. The summed E-state index contributed by atoms with van der Waals surface area (Å²) in [5.74, 6) is 0. The Balaban J connectivity index is 2.28. The summed E-state index contributed by atoms with van der Waals surface area (Å²) >= 11 is 0. The van der Waals surface area contributed by atoms with E-state index < -0.39 is 0 Å². The topological polar surface area (TPSA) is 26.3 Å². The SMILES string of the molecule is O=COC1CCCC=CCCC1. The Morgan fingerprint density at radius 2 is 1.75 bits per heavy atom. The van der Waals surface area contributed by atoms with Crippen LogP contribution in [0.4, 0.5) is 0 Å². The largest absolute Gasteiger partial charge is 0.465 e. The van der Waals surface area contributed by atoms with Gasteiger partial charge in [0.15, 0.2) is 0 Å². The van der Waals surface area contributed by atoms with Gasteiger partial charge in [-0.1, -0.05) is 12.2 Å². The zero-order chi connectivity index (χ0) is 8.65. The van der Waals surface area contributed by atoms with Gasteiger partial charge < -0.3 is 4.74 Å². The molecule has 0 saturated heterocycles. The second-order valence-corrected chi connectivity index (χ2v) is 3.19. The predicted octanol–water partition coefficient (Wildman–Crippen LogP) is 2.44. The maximum Gasteiger partial charge on any atom is 0.293 e. The van der Waals surface area contributed by atoms with Crippen LogP contribution in [0.3, 0.4) is 0 Å². The minimum atomic E-state index is 0.169. The van der Waals surface area contributed by atoms with Crippen molar-refractivity contribution in [2.24, 2.45) is 0 Å². The lowest BCUT2D eigenvalue weighted by Crippen LogP contribution is -2.11. The van der Waals surface area contributed by atoms with Crippen molar-refractivity contribution < 1.29 is 9.53 Å². The Kier molecular flexibility index (Phi) is 4.50. The molecule has 0 fully saturated rings. The van der Waals surface area contributed by atoms with Crippen molar-refractivity contribution in [3.63, 3.8) is 0 Å². The van der Waals surface area contributed by atoms with E-state index in [0.717, 1.165) is 38.5 Å². The first-order chi connectivity index (χ1) is 5.93. The van der Waals surface area contributed by atoms with Crippen molar-refractivity contribution in [1.29, 1.82) is 0 Å². The third-order valence-electron chi connectivity index (χ3n) is 2.21. The van der Waals surface area contributed by atoms with E-state index in [4.69, 9.17) is 4.74 Å². The lowest BCUT2D eigenvalue weighted by Gasteiger charge is -2.12. The minimum absolute atomic E-state index is 0.169. The van der Waals surface area contributed by atoms with Crippen molar-refractivity contribution in [2.75, 3.05) is 0 Å². The molecular formula is C10H16O2. The van der Waals surface area contributed by atoms with Crippen LogP contribution in [-0.4, -0.2) is 12.6 Å². The molecule has 0 atom stereocenters. The molecule has 2 nitrogen and oxygen atoms in total. The van der Waals surface area contributed by atoms with Crippen LogP contribution in [-0.2, 0) is 9.53 Å². The number of ether oxygens (including phenoxy) is 1. The van der Waals surface area contributed by atoms with Crippen LogP contribution in [0.2, 0.25) is 0 Å². The summed E-state index contributed by atoms with van der Waals surface area (Å²) in [5, 5.41) is 0. The van der Waals surface area contributed by atoms with Gasteiger partial charge in [-0.2, -0.15) is 0 Å². The lowest BCUT2D eigenvalue weighted by molar-refractivity contribution is -0.134. The van der Waals surface area contributed by atoms with Crippen LogP contribution in [0.25, 0.3) is 0 Å². The van der Waals surface area contributed by atoms with Crippen molar-refractivity contribution >= 4 is 6.47 Å². The van der Waals surface area contributed by atoms with Gasteiger partial charge in [-0.05, 0) is 38.5 Å².